The quantitative estimate of drug-likeness (QED) is 0.0321. The summed E-state index contributed by atoms with van der Waals surface area (Å²) in [6.07, 6.45) is 60.6. The number of ether oxygens (including phenoxy) is 1. The SMILES string of the molecule is CCCCC/C=C\C/C=C\CCCCCCCCCC(CC(=O)NC(CO)C(O)CCCCCCCCCCCCCCC)OC(=O)CCCCC/C=C\CCCCCCCCC. The Morgan fingerprint density at radius 1 is 0.460 bits per heavy atom. The second-order valence-electron chi connectivity index (χ2n) is 19.0. The first-order valence-corrected chi connectivity index (χ1v) is 27.7. The maximum atomic E-state index is 13.2. The van der Waals surface area contributed by atoms with Crippen LogP contribution in [0.15, 0.2) is 36.5 Å². The van der Waals surface area contributed by atoms with Gasteiger partial charge in [0.15, 0.2) is 0 Å². The van der Waals surface area contributed by atoms with Crippen LogP contribution >= 0.6 is 0 Å². The van der Waals surface area contributed by atoms with E-state index in [1.54, 1.807) is 0 Å². The summed E-state index contributed by atoms with van der Waals surface area (Å²) in [6.45, 7) is 6.47. The van der Waals surface area contributed by atoms with Crippen LogP contribution in [0, 0.1) is 0 Å². The number of aliphatic hydroxyl groups is 2. The minimum absolute atomic E-state index is 0.0689. The zero-order valence-electron chi connectivity index (χ0n) is 42.2. The Kier molecular flexibility index (Phi) is 49.5. The second-order valence-corrected chi connectivity index (χ2v) is 19.0. The molecule has 3 unspecified atom stereocenters. The van der Waals surface area contributed by atoms with Gasteiger partial charge in [0.1, 0.15) is 6.10 Å². The Bertz CT molecular complexity index is 1040. The van der Waals surface area contributed by atoms with Gasteiger partial charge >= 0.3 is 5.97 Å². The standard InChI is InChI=1S/C57H107NO5/c1-4-7-10-13-16-19-22-25-27-28-29-31-33-36-39-42-45-48-53(63-57(62)50-47-44-41-38-35-32-26-23-20-17-14-11-8-5-2)51-56(61)58-54(52-59)55(60)49-46-43-40-37-34-30-24-21-18-15-12-9-6-3/h16,19,25,27,32,35,53-55,59-60H,4-15,17-18,20-24,26,28-31,33-34,36-52H2,1-3H3,(H,58,61)/b19-16-,27-25-,35-32-. The summed E-state index contributed by atoms with van der Waals surface area (Å²) in [6, 6.07) is -0.705. The monoisotopic (exact) mass is 886 g/mol. The molecular formula is C57H107NO5. The summed E-state index contributed by atoms with van der Waals surface area (Å²) < 4.78 is 5.94. The first-order valence-electron chi connectivity index (χ1n) is 27.7. The van der Waals surface area contributed by atoms with Crippen LogP contribution in [-0.4, -0.2) is 46.9 Å². The lowest BCUT2D eigenvalue weighted by Gasteiger charge is -2.24. The fourth-order valence-corrected chi connectivity index (χ4v) is 8.46. The van der Waals surface area contributed by atoms with Gasteiger partial charge in [-0.25, -0.2) is 0 Å². The molecular weight excluding hydrogens is 779 g/mol. The summed E-state index contributed by atoms with van der Waals surface area (Å²) in [4.78, 5) is 26.2. The molecule has 0 aliphatic carbocycles. The molecule has 0 fully saturated rings. The number of carbonyl (C=O) groups excluding carboxylic acids is 2. The lowest BCUT2D eigenvalue weighted by atomic mass is 10.0. The summed E-state index contributed by atoms with van der Waals surface area (Å²) in [5.41, 5.74) is 0. The Morgan fingerprint density at radius 3 is 1.25 bits per heavy atom. The minimum atomic E-state index is -0.791. The molecule has 0 radical (unpaired) electrons. The molecule has 0 spiro atoms. The molecule has 0 aromatic rings. The summed E-state index contributed by atoms with van der Waals surface area (Å²) >= 11 is 0. The van der Waals surface area contributed by atoms with Crippen molar-refractivity contribution in [2.75, 3.05) is 6.61 Å². The molecule has 63 heavy (non-hydrogen) atoms. The molecule has 0 aromatic heterocycles. The van der Waals surface area contributed by atoms with Crippen molar-refractivity contribution >= 4 is 11.9 Å². The highest BCUT2D eigenvalue weighted by Crippen LogP contribution is 2.18. The number of carbonyl (C=O) groups is 2. The van der Waals surface area contributed by atoms with Crippen LogP contribution in [0.2, 0.25) is 0 Å². The molecule has 6 heteroatoms. The number of nitrogens with one attached hydrogen (secondary N) is 1. The maximum absolute atomic E-state index is 13.2. The first kappa shape index (κ1) is 61.1. The Morgan fingerprint density at radius 2 is 0.810 bits per heavy atom. The zero-order valence-corrected chi connectivity index (χ0v) is 42.2. The van der Waals surface area contributed by atoms with Gasteiger partial charge in [-0.3, -0.25) is 9.59 Å². The number of rotatable bonds is 50. The van der Waals surface area contributed by atoms with Crippen LogP contribution in [0.3, 0.4) is 0 Å². The largest absolute Gasteiger partial charge is 0.462 e. The molecule has 0 aliphatic rings. The summed E-state index contributed by atoms with van der Waals surface area (Å²) in [5.74, 6) is -0.489. The van der Waals surface area contributed by atoms with Crippen molar-refractivity contribution in [2.45, 2.75) is 309 Å². The van der Waals surface area contributed by atoms with Gasteiger partial charge < -0.3 is 20.3 Å². The van der Waals surface area contributed by atoms with Crippen molar-refractivity contribution < 1.29 is 24.5 Å². The van der Waals surface area contributed by atoms with Crippen molar-refractivity contribution in [3.63, 3.8) is 0 Å². The molecule has 0 aromatic carbocycles. The van der Waals surface area contributed by atoms with Crippen molar-refractivity contribution in [3.8, 4) is 0 Å². The average molecular weight is 886 g/mol. The minimum Gasteiger partial charge on any atom is -0.462 e. The van der Waals surface area contributed by atoms with E-state index in [0.717, 1.165) is 77.0 Å². The lowest BCUT2D eigenvalue weighted by Crippen LogP contribution is -2.46. The number of esters is 1. The van der Waals surface area contributed by atoms with E-state index in [-0.39, 0.29) is 24.9 Å². The van der Waals surface area contributed by atoms with Crippen LogP contribution in [0.25, 0.3) is 0 Å². The summed E-state index contributed by atoms with van der Waals surface area (Å²) in [7, 11) is 0. The normalized spacial score (nSPS) is 13.4. The van der Waals surface area contributed by atoms with E-state index >= 15 is 0 Å². The van der Waals surface area contributed by atoms with Gasteiger partial charge in [0, 0.05) is 6.42 Å². The third-order valence-corrected chi connectivity index (χ3v) is 12.7. The second kappa shape index (κ2) is 51.1. The van der Waals surface area contributed by atoms with Gasteiger partial charge in [-0.2, -0.15) is 0 Å². The molecule has 3 atom stereocenters. The molecule has 370 valence electrons. The Balaban J connectivity index is 4.59. The molecule has 0 rings (SSSR count). The lowest BCUT2D eigenvalue weighted by molar-refractivity contribution is -0.151. The number of hydrogen-bond acceptors (Lipinski definition) is 5. The molecule has 0 saturated carbocycles. The molecule has 0 bridgehead atoms. The van der Waals surface area contributed by atoms with Gasteiger partial charge in [-0.05, 0) is 83.5 Å². The number of unbranched alkanes of at least 4 members (excludes halogenated alkanes) is 32. The predicted molar refractivity (Wildman–Crippen MR) is 273 cm³/mol. The Labute approximate surface area is 392 Å². The van der Waals surface area contributed by atoms with Gasteiger partial charge in [0.25, 0.3) is 0 Å². The third-order valence-electron chi connectivity index (χ3n) is 12.7. The van der Waals surface area contributed by atoms with Gasteiger partial charge in [-0.1, -0.05) is 231 Å². The van der Waals surface area contributed by atoms with Crippen molar-refractivity contribution in [1.82, 2.24) is 5.32 Å². The molecule has 0 heterocycles. The number of amides is 1. The van der Waals surface area contributed by atoms with Crippen LogP contribution in [-0.2, 0) is 14.3 Å². The zero-order chi connectivity index (χ0) is 45.9. The van der Waals surface area contributed by atoms with E-state index in [4.69, 9.17) is 4.74 Å². The molecule has 0 aliphatic heterocycles. The van der Waals surface area contributed by atoms with Crippen LogP contribution < -0.4 is 5.32 Å². The van der Waals surface area contributed by atoms with Crippen molar-refractivity contribution in [1.29, 1.82) is 0 Å². The van der Waals surface area contributed by atoms with Crippen molar-refractivity contribution in [3.05, 3.63) is 36.5 Å². The van der Waals surface area contributed by atoms with E-state index in [9.17, 15) is 19.8 Å². The molecule has 3 N–H and O–H groups in total. The number of aliphatic hydroxyl groups excluding tert-OH is 2. The number of allylic oxidation sites excluding steroid dienone is 6. The fourth-order valence-electron chi connectivity index (χ4n) is 8.46. The highest BCUT2D eigenvalue weighted by atomic mass is 16.5. The first-order chi connectivity index (χ1) is 31.0. The van der Waals surface area contributed by atoms with E-state index < -0.39 is 18.2 Å². The Hall–Kier alpha value is -1.92. The van der Waals surface area contributed by atoms with Crippen molar-refractivity contribution in [2.24, 2.45) is 0 Å². The molecule has 0 saturated heterocycles. The highest BCUT2D eigenvalue weighted by Gasteiger charge is 2.24. The maximum Gasteiger partial charge on any atom is 0.306 e. The smallest absolute Gasteiger partial charge is 0.306 e. The van der Waals surface area contributed by atoms with Gasteiger partial charge in [-0.15, -0.1) is 0 Å². The van der Waals surface area contributed by atoms with E-state index in [1.807, 2.05) is 0 Å². The average Bonchev–Trinajstić information content (AvgIpc) is 3.28. The topological polar surface area (TPSA) is 95.9 Å². The van der Waals surface area contributed by atoms with E-state index in [0.29, 0.717) is 19.3 Å². The van der Waals surface area contributed by atoms with E-state index in [2.05, 4.69) is 62.5 Å². The number of hydrogen-bond donors (Lipinski definition) is 3. The fraction of sp³-hybridized carbons (Fsp3) is 0.860. The third kappa shape index (κ3) is 46.4. The van der Waals surface area contributed by atoms with Crippen LogP contribution in [0.5, 0.6) is 0 Å². The highest BCUT2D eigenvalue weighted by molar-refractivity contribution is 5.77. The van der Waals surface area contributed by atoms with Crippen LogP contribution in [0.1, 0.15) is 290 Å². The van der Waals surface area contributed by atoms with Gasteiger partial charge in [0.2, 0.25) is 5.91 Å². The molecule has 1 amide bonds. The predicted octanol–water partition coefficient (Wildman–Crippen LogP) is 16.8. The van der Waals surface area contributed by atoms with E-state index in [1.165, 1.54) is 167 Å². The summed E-state index contributed by atoms with van der Waals surface area (Å²) in [5, 5.41) is 23.8. The molecule has 6 nitrogen and oxygen atoms in total. The van der Waals surface area contributed by atoms with Crippen LogP contribution in [0.4, 0.5) is 0 Å². The van der Waals surface area contributed by atoms with Gasteiger partial charge in [0.05, 0.1) is 25.2 Å².